The van der Waals surface area contributed by atoms with Gasteiger partial charge in [0.2, 0.25) is 0 Å². The monoisotopic (exact) mass is 849 g/mol. The molecule has 5 heteroatoms. The number of aromatic nitrogens is 3. The molecule has 0 bridgehead atoms. The van der Waals surface area contributed by atoms with E-state index in [9.17, 15) is 0 Å². The first-order valence-corrected chi connectivity index (χ1v) is 29.2. The molecular weight excluding hydrogens is 783 g/mol. The van der Waals surface area contributed by atoms with Crippen molar-refractivity contribution in [2.24, 2.45) is 0 Å². The summed E-state index contributed by atoms with van der Waals surface area (Å²) in [6.07, 6.45) is 27.4. The average molecular weight is 850 g/mol. The quantitative estimate of drug-likeness (QED) is 0.122. The van der Waals surface area contributed by atoms with Crippen LogP contribution < -0.4 is 20.7 Å². The minimum absolute atomic E-state index is 0.760. The van der Waals surface area contributed by atoms with Gasteiger partial charge in [0.25, 0.3) is 0 Å². The largest absolute Gasteiger partial charge is 0.208 e. The van der Waals surface area contributed by atoms with Gasteiger partial charge in [0, 0.05) is 16.7 Å². The van der Waals surface area contributed by atoms with E-state index < -0.39 is 16.1 Å². The summed E-state index contributed by atoms with van der Waals surface area (Å²) in [5, 5.41) is 6.50. The molecule has 5 aromatic carbocycles. The molecule has 0 aliphatic heterocycles. The molecule has 0 saturated heterocycles. The second-order valence-electron chi connectivity index (χ2n) is 19.6. The van der Waals surface area contributed by atoms with Crippen molar-refractivity contribution < 1.29 is 0 Å². The maximum atomic E-state index is 5.55. The maximum Gasteiger partial charge on any atom is 0.164 e. The van der Waals surface area contributed by atoms with Gasteiger partial charge < -0.3 is 0 Å². The fourth-order valence-corrected chi connectivity index (χ4v) is 27.8. The van der Waals surface area contributed by atoms with Crippen LogP contribution in [0.2, 0.25) is 22.2 Å². The molecule has 0 radical (unpaired) electrons. The second-order valence-corrected chi connectivity index (χ2v) is 28.7. The lowest BCUT2D eigenvalue weighted by molar-refractivity contribution is 0.459. The Hall–Kier alpha value is -4.46. The van der Waals surface area contributed by atoms with E-state index in [4.69, 9.17) is 15.0 Å². The minimum atomic E-state index is -2.23. The van der Waals surface area contributed by atoms with E-state index in [2.05, 4.69) is 140 Å². The Balaban J connectivity index is 1.14. The van der Waals surface area contributed by atoms with E-state index >= 15 is 0 Å². The zero-order valence-electron chi connectivity index (χ0n) is 37.1. The van der Waals surface area contributed by atoms with Crippen LogP contribution in [-0.4, -0.2) is 31.1 Å². The molecule has 6 aromatic rings. The van der Waals surface area contributed by atoms with Crippen LogP contribution in [-0.2, 0) is 0 Å². The maximum absolute atomic E-state index is 5.55. The number of rotatable bonds is 11. The highest BCUT2D eigenvalue weighted by Gasteiger charge is 2.52. The molecule has 318 valence electrons. The van der Waals surface area contributed by atoms with Crippen molar-refractivity contribution in [2.45, 2.75) is 151 Å². The number of benzene rings is 5. The van der Waals surface area contributed by atoms with Gasteiger partial charge in [0.15, 0.2) is 17.5 Å². The molecular formula is C57H67N3Si2. The predicted octanol–water partition coefficient (Wildman–Crippen LogP) is 13.3. The number of nitrogens with zero attached hydrogens (tertiary/aromatic N) is 3. The lowest BCUT2D eigenvalue weighted by Gasteiger charge is -2.48. The third kappa shape index (κ3) is 8.02. The molecule has 0 atom stereocenters. The Bertz CT molecular complexity index is 2180. The number of hydrogen-bond donors (Lipinski definition) is 0. The first-order valence-electron chi connectivity index (χ1n) is 24.9. The Morgan fingerprint density at radius 2 is 0.548 bits per heavy atom. The van der Waals surface area contributed by atoms with Gasteiger partial charge in [-0.25, -0.2) is 15.0 Å². The molecule has 4 saturated carbocycles. The van der Waals surface area contributed by atoms with Crippen LogP contribution in [0.5, 0.6) is 0 Å². The Kier molecular flexibility index (Phi) is 12.8. The first-order chi connectivity index (χ1) is 30.7. The molecule has 62 heavy (non-hydrogen) atoms. The zero-order chi connectivity index (χ0) is 41.6. The summed E-state index contributed by atoms with van der Waals surface area (Å²) in [7, 11) is -4.45. The van der Waals surface area contributed by atoms with Gasteiger partial charge in [-0.3, -0.25) is 0 Å². The molecule has 3 nitrogen and oxygen atoms in total. The lowest BCUT2D eigenvalue weighted by Crippen LogP contribution is -2.65. The third-order valence-corrected chi connectivity index (χ3v) is 28.9. The molecule has 0 unspecified atom stereocenters. The fraction of sp³-hybridized carbons (Fsp3) is 0.421. The van der Waals surface area contributed by atoms with Gasteiger partial charge in [-0.1, -0.05) is 289 Å². The van der Waals surface area contributed by atoms with E-state index in [0.29, 0.717) is 0 Å². The Morgan fingerprint density at radius 3 is 0.887 bits per heavy atom. The highest BCUT2D eigenvalue weighted by molar-refractivity contribution is 7.05. The lowest BCUT2D eigenvalue weighted by atomic mass is 9.99. The van der Waals surface area contributed by atoms with Gasteiger partial charge >= 0.3 is 0 Å². The van der Waals surface area contributed by atoms with Crippen molar-refractivity contribution >= 4 is 36.9 Å². The van der Waals surface area contributed by atoms with Crippen molar-refractivity contribution in [3.05, 3.63) is 140 Å². The molecule has 4 fully saturated rings. The molecule has 0 N–H and O–H groups in total. The summed E-state index contributed by atoms with van der Waals surface area (Å²) in [4.78, 5) is 16.3. The van der Waals surface area contributed by atoms with Gasteiger partial charge in [-0.05, 0) is 22.2 Å². The Labute approximate surface area is 374 Å². The van der Waals surface area contributed by atoms with E-state index in [1.165, 1.54) is 128 Å². The van der Waals surface area contributed by atoms with E-state index in [-0.39, 0.29) is 0 Å². The summed E-state index contributed by atoms with van der Waals surface area (Å²) < 4.78 is 0. The summed E-state index contributed by atoms with van der Waals surface area (Å²) in [6, 6.07) is 53.9. The van der Waals surface area contributed by atoms with Crippen molar-refractivity contribution in [3.8, 4) is 34.2 Å². The van der Waals surface area contributed by atoms with Crippen LogP contribution in [0.3, 0.4) is 0 Å². The molecule has 1 heterocycles. The first kappa shape index (κ1) is 41.5. The van der Waals surface area contributed by atoms with Gasteiger partial charge in [-0.15, -0.1) is 0 Å². The predicted molar refractivity (Wildman–Crippen MR) is 266 cm³/mol. The van der Waals surface area contributed by atoms with Crippen molar-refractivity contribution in [3.63, 3.8) is 0 Å². The third-order valence-electron chi connectivity index (χ3n) is 16.4. The molecule has 0 spiro atoms. The van der Waals surface area contributed by atoms with E-state index in [1.807, 2.05) is 0 Å². The van der Waals surface area contributed by atoms with Gasteiger partial charge in [-0.2, -0.15) is 0 Å². The van der Waals surface area contributed by atoms with E-state index in [0.717, 1.165) is 56.3 Å². The van der Waals surface area contributed by atoms with Crippen LogP contribution in [0, 0.1) is 0 Å². The van der Waals surface area contributed by atoms with Crippen molar-refractivity contribution in [1.29, 1.82) is 0 Å². The molecule has 1 aromatic heterocycles. The second kappa shape index (κ2) is 19.1. The van der Waals surface area contributed by atoms with Gasteiger partial charge in [0.1, 0.15) is 16.1 Å². The summed E-state index contributed by atoms with van der Waals surface area (Å²) in [6.45, 7) is 0. The highest BCUT2D eigenvalue weighted by atomic mass is 28.3. The van der Waals surface area contributed by atoms with Gasteiger partial charge in [0.05, 0.1) is 0 Å². The standard InChI is InChI=1S/C57H67N3Si2/c1-8-24-44(25-9-1)55-58-56(45-26-22-40-53(42-45)61(47-28-10-2-11-29-47,48-30-12-3-13-31-48)49-32-14-4-15-33-49)60-57(59-55)46-27-23-41-54(43-46)62(50-34-16-5-17-35-50,51-36-18-6-19-37-51)52-38-20-7-21-39-52/h1-2,5,8-11,16-17,22-29,34-35,40-43,48-49,51-52H,3-4,6-7,12-15,18-21,30-33,36-39H2. The van der Waals surface area contributed by atoms with Crippen LogP contribution in [0.15, 0.2) is 140 Å². The minimum Gasteiger partial charge on any atom is -0.208 e. The summed E-state index contributed by atoms with van der Waals surface area (Å²) >= 11 is 0. The zero-order valence-corrected chi connectivity index (χ0v) is 39.1. The summed E-state index contributed by atoms with van der Waals surface area (Å²) in [5.41, 5.74) is 6.35. The molecule has 0 amide bonds. The fourth-order valence-electron chi connectivity index (χ4n) is 13.7. The normalized spacial score (nSPS) is 19.0. The topological polar surface area (TPSA) is 38.7 Å². The van der Waals surface area contributed by atoms with Crippen molar-refractivity contribution in [2.75, 3.05) is 0 Å². The van der Waals surface area contributed by atoms with Crippen molar-refractivity contribution in [1.82, 2.24) is 15.0 Å². The van der Waals surface area contributed by atoms with Crippen LogP contribution >= 0.6 is 0 Å². The van der Waals surface area contributed by atoms with Crippen LogP contribution in [0.1, 0.15) is 128 Å². The van der Waals surface area contributed by atoms with Crippen LogP contribution in [0.25, 0.3) is 34.2 Å². The van der Waals surface area contributed by atoms with Crippen LogP contribution in [0.4, 0.5) is 0 Å². The number of hydrogen-bond acceptors (Lipinski definition) is 3. The smallest absolute Gasteiger partial charge is 0.164 e. The summed E-state index contributed by atoms with van der Waals surface area (Å²) in [5.74, 6) is 2.37. The Morgan fingerprint density at radius 1 is 0.274 bits per heavy atom. The SMILES string of the molecule is c1ccc(-c2nc(-c3cccc([Si](c4ccccc4)(C4CCCCC4)C4CCCCC4)c3)nc(-c3cccc([Si](c4ccccc4)(C4CCCCC4)C4CCCCC4)c3)n2)cc1. The van der Waals surface area contributed by atoms with E-state index in [1.54, 1.807) is 20.7 Å². The molecule has 10 rings (SSSR count). The average Bonchev–Trinajstić information content (AvgIpc) is 3.37. The molecule has 4 aliphatic rings. The molecule has 4 aliphatic carbocycles. The highest BCUT2D eigenvalue weighted by Crippen LogP contribution is 2.50.